The van der Waals surface area contributed by atoms with E-state index in [0.29, 0.717) is 25.4 Å². The fraction of sp³-hybridized carbons (Fsp3) is 0.500. The Kier molecular flexibility index (Phi) is 4.81. The van der Waals surface area contributed by atoms with Gasteiger partial charge in [-0.1, -0.05) is 23.2 Å². The van der Waals surface area contributed by atoms with E-state index < -0.39 is 10.0 Å². The van der Waals surface area contributed by atoms with Gasteiger partial charge in [-0.25, -0.2) is 8.42 Å². The molecule has 0 amide bonds. The number of sulfonamides is 1. The average Bonchev–Trinajstić information content (AvgIpc) is 2.76. The quantitative estimate of drug-likeness (QED) is 0.854. The van der Waals surface area contributed by atoms with Crippen LogP contribution in [-0.4, -0.2) is 39.5 Å². The van der Waals surface area contributed by atoms with Crippen molar-refractivity contribution in [3.8, 4) is 0 Å². The highest BCUT2D eigenvalue weighted by Crippen LogP contribution is 2.35. The Labute approximate surface area is 128 Å². The predicted molar refractivity (Wildman–Crippen MR) is 79.6 cm³/mol. The van der Waals surface area contributed by atoms with Gasteiger partial charge in [-0.15, -0.1) is 0 Å². The van der Waals surface area contributed by atoms with Crippen LogP contribution in [0.5, 0.6) is 0 Å². The highest BCUT2D eigenvalue weighted by Gasteiger charge is 2.35. The third-order valence-electron chi connectivity index (χ3n) is 3.27. The summed E-state index contributed by atoms with van der Waals surface area (Å²) in [6, 6.07) is 2.78. The number of ether oxygens (including phenoxy) is 1. The third kappa shape index (κ3) is 3.04. The normalized spacial score (nSPS) is 20.4. The van der Waals surface area contributed by atoms with E-state index in [0.717, 1.165) is 6.42 Å². The van der Waals surface area contributed by atoms with Crippen LogP contribution in [0.1, 0.15) is 6.42 Å². The van der Waals surface area contributed by atoms with Gasteiger partial charge < -0.3 is 10.5 Å². The number of nitrogens with zero attached hydrogens (tertiary/aromatic N) is 1. The van der Waals surface area contributed by atoms with E-state index in [-0.39, 0.29) is 20.9 Å². The topological polar surface area (TPSA) is 72.6 Å². The van der Waals surface area contributed by atoms with Crippen molar-refractivity contribution in [1.29, 1.82) is 0 Å². The van der Waals surface area contributed by atoms with Gasteiger partial charge in [0.25, 0.3) is 0 Å². The predicted octanol–water partition coefficient (Wildman–Crippen LogP) is 2.23. The van der Waals surface area contributed by atoms with Gasteiger partial charge in [-0.2, -0.15) is 4.31 Å². The molecule has 0 saturated carbocycles. The lowest BCUT2D eigenvalue weighted by Gasteiger charge is -2.18. The van der Waals surface area contributed by atoms with Crippen molar-refractivity contribution in [2.24, 2.45) is 5.92 Å². The molecule has 5 nitrogen and oxygen atoms in total. The largest absolute Gasteiger partial charge is 0.399 e. The van der Waals surface area contributed by atoms with Gasteiger partial charge in [0.2, 0.25) is 10.0 Å². The fourth-order valence-corrected chi connectivity index (χ4v) is 5.05. The number of rotatable bonds is 4. The second-order valence-electron chi connectivity index (χ2n) is 4.79. The lowest BCUT2D eigenvalue weighted by atomic mass is 10.1. The molecule has 0 radical (unpaired) electrons. The summed E-state index contributed by atoms with van der Waals surface area (Å²) in [5.74, 6) is 0.195. The second-order valence-corrected chi connectivity index (χ2v) is 7.48. The summed E-state index contributed by atoms with van der Waals surface area (Å²) < 4.78 is 31.7. The number of benzene rings is 1. The van der Waals surface area contributed by atoms with Gasteiger partial charge in [0.05, 0.1) is 16.7 Å². The van der Waals surface area contributed by atoms with E-state index in [2.05, 4.69) is 0 Å². The summed E-state index contributed by atoms with van der Waals surface area (Å²) in [6.45, 7) is 1.38. The first kappa shape index (κ1) is 15.9. The Morgan fingerprint density at radius 1 is 1.40 bits per heavy atom. The SMILES string of the molecule is COCC1CCN(S(=O)(=O)c2c(Cl)cc(N)cc2Cl)C1. The molecule has 1 aromatic carbocycles. The summed E-state index contributed by atoms with van der Waals surface area (Å²) >= 11 is 12.0. The van der Waals surface area contributed by atoms with Crippen LogP contribution >= 0.6 is 23.2 Å². The number of hydrogen-bond donors (Lipinski definition) is 1. The Morgan fingerprint density at radius 2 is 2.00 bits per heavy atom. The van der Waals surface area contributed by atoms with Crippen LogP contribution in [0.4, 0.5) is 5.69 Å². The van der Waals surface area contributed by atoms with Crippen LogP contribution in [-0.2, 0) is 14.8 Å². The molecule has 8 heteroatoms. The molecule has 1 atom stereocenters. The molecule has 1 aromatic rings. The highest BCUT2D eigenvalue weighted by atomic mass is 35.5. The first-order valence-electron chi connectivity index (χ1n) is 6.10. The molecule has 2 rings (SSSR count). The molecule has 0 spiro atoms. The molecule has 1 unspecified atom stereocenters. The molecule has 20 heavy (non-hydrogen) atoms. The number of nitrogens with two attached hydrogens (primary N) is 1. The summed E-state index contributed by atoms with van der Waals surface area (Å²) in [5, 5.41) is 0.0929. The van der Waals surface area contributed by atoms with Gasteiger partial charge in [-0.3, -0.25) is 0 Å². The maximum Gasteiger partial charge on any atom is 0.246 e. The van der Waals surface area contributed by atoms with Gasteiger partial charge >= 0.3 is 0 Å². The zero-order chi connectivity index (χ0) is 14.9. The van der Waals surface area contributed by atoms with E-state index in [1.165, 1.54) is 16.4 Å². The number of nitrogen functional groups attached to an aromatic ring is 1. The first-order chi connectivity index (χ1) is 9.36. The minimum atomic E-state index is -3.71. The van der Waals surface area contributed by atoms with Gasteiger partial charge in [0.1, 0.15) is 4.90 Å². The Hall–Kier alpha value is -0.530. The maximum absolute atomic E-state index is 12.6. The Balaban J connectivity index is 2.33. The Morgan fingerprint density at radius 3 is 2.55 bits per heavy atom. The zero-order valence-electron chi connectivity index (χ0n) is 11.0. The van der Waals surface area contributed by atoms with Crippen molar-refractivity contribution < 1.29 is 13.2 Å². The zero-order valence-corrected chi connectivity index (χ0v) is 13.3. The van der Waals surface area contributed by atoms with Gasteiger partial charge in [-0.05, 0) is 24.5 Å². The van der Waals surface area contributed by atoms with Crippen molar-refractivity contribution in [1.82, 2.24) is 4.31 Å². The smallest absolute Gasteiger partial charge is 0.246 e. The summed E-state index contributed by atoms with van der Waals surface area (Å²) in [7, 11) is -2.11. The van der Waals surface area contributed by atoms with E-state index in [4.69, 9.17) is 33.7 Å². The van der Waals surface area contributed by atoms with E-state index in [9.17, 15) is 8.42 Å². The second kappa shape index (κ2) is 6.07. The summed E-state index contributed by atoms with van der Waals surface area (Å²) in [6.07, 6.45) is 0.761. The number of anilines is 1. The molecular weight excluding hydrogens is 323 g/mol. The van der Waals surface area contributed by atoms with E-state index in [1.807, 2.05) is 0 Å². The van der Waals surface area contributed by atoms with E-state index >= 15 is 0 Å². The molecule has 1 fully saturated rings. The monoisotopic (exact) mass is 338 g/mol. The molecule has 0 aliphatic carbocycles. The molecule has 2 N–H and O–H groups in total. The molecular formula is C12H16Cl2N2O3S. The van der Waals surface area contributed by atoms with Crippen LogP contribution in [0.3, 0.4) is 0 Å². The van der Waals surface area contributed by atoms with Crippen molar-refractivity contribution in [2.45, 2.75) is 11.3 Å². The average molecular weight is 339 g/mol. The Bertz CT molecular complexity index is 584. The number of halogens is 2. The van der Waals surface area contributed by atoms with Crippen molar-refractivity contribution >= 4 is 38.9 Å². The molecule has 1 aliphatic heterocycles. The molecule has 0 bridgehead atoms. The van der Waals surface area contributed by atoms with Crippen LogP contribution in [0.15, 0.2) is 17.0 Å². The van der Waals surface area contributed by atoms with Crippen LogP contribution in [0.2, 0.25) is 10.0 Å². The fourth-order valence-electron chi connectivity index (χ4n) is 2.34. The van der Waals surface area contributed by atoms with Gasteiger partial charge in [0.15, 0.2) is 0 Å². The number of hydrogen-bond acceptors (Lipinski definition) is 4. The molecule has 1 heterocycles. The summed E-state index contributed by atoms with van der Waals surface area (Å²) in [5.41, 5.74) is 5.92. The standard InChI is InChI=1S/C12H16Cl2N2O3S/c1-19-7-8-2-3-16(6-8)20(17,18)12-10(13)4-9(15)5-11(12)14/h4-5,8H,2-3,6-7,15H2,1H3. The van der Waals surface area contributed by atoms with Crippen LogP contribution in [0, 0.1) is 5.92 Å². The van der Waals surface area contributed by atoms with Crippen LogP contribution in [0.25, 0.3) is 0 Å². The molecule has 1 saturated heterocycles. The third-order valence-corrected chi connectivity index (χ3v) is 6.06. The van der Waals surface area contributed by atoms with Gasteiger partial charge in [0, 0.05) is 25.9 Å². The first-order valence-corrected chi connectivity index (χ1v) is 8.29. The molecule has 0 aromatic heterocycles. The molecule has 112 valence electrons. The summed E-state index contributed by atoms with van der Waals surface area (Å²) in [4.78, 5) is -0.0758. The number of methoxy groups -OCH3 is 1. The minimum absolute atomic E-state index is 0.0465. The van der Waals surface area contributed by atoms with Crippen molar-refractivity contribution in [3.05, 3.63) is 22.2 Å². The molecule has 1 aliphatic rings. The minimum Gasteiger partial charge on any atom is -0.399 e. The maximum atomic E-state index is 12.6. The van der Waals surface area contributed by atoms with Crippen LogP contribution < -0.4 is 5.73 Å². The highest BCUT2D eigenvalue weighted by molar-refractivity contribution is 7.89. The lowest BCUT2D eigenvalue weighted by molar-refractivity contribution is 0.157. The van der Waals surface area contributed by atoms with E-state index in [1.54, 1.807) is 7.11 Å². The van der Waals surface area contributed by atoms with Crippen molar-refractivity contribution in [3.63, 3.8) is 0 Å². The lowest BCUT2D eigenvalue weighted by Crippen LogP contribution is -2.30. The van der Waals surface area contributed by atoms with Crippen molar-refractivity contribution in [2.75, 3.05) is 32.5 Å².